The number of allylic oxidation sites excluding steroid dienone is 1. The summed E-state index contributed by atoms with van der Waals surface area (Å²) in [7, 11) is 0. The van der Waals surface area contributed by atoms with Gasteiger partial charge in [0, 0.05) is 11.8 Å². The van der Waals surface area contributed by atoms with E-state index in [1.54, 1.807) is 0 Å². The van der Waals surface area contributed by atoms with Gasteiger partial charge in [-0.2, -0.15) is 0 Å². The Labute approximate surface area is 189 Å². The molecular weight excluding hydrogens is 388 g/mol. The van der Waals surface area contributed by atoms with Crippen molar-refractivity contribution in [3.05, 3.63) is 11.6 Å². The lowest BCUT2D eigenvalue weighted by Crippen LogP contribution is -2.61. The summed E-state index contributed by atoms with van der Waals surface area (Å²) in [5.41, 5.74) is 0.187. The topological polar surface area (TPSA) is 80.9 Å². The van der Waals surface area contributed by atoms with Crippen molar-refractivity contribution in [2.45, 2.75) is 116 Å². The van der Waals surface area contributed by atoms with Gasteiger partial charge in [0.05, 0.1) is 23.9 Å². The highest BCUT2D eigenvalue weighted by molar-refractivity contribution is 5.28. The molecule has 4 rings (SSSR count). The third-order valence-corrected chi connectivity index (χ3v) is 10.6. The first kappa shape index (κ1) is 23.7. The fourth-order valence-electron chi connectivity index (χ4n) is 8.62. The van der Waals surface area contributed by atoms with Gasteiger partial charge in [0.15, 0.2) is 0 Å². The summed E-state index contributed by atoms with van der Waals surface area (Å²) < 4.78 is 0. The van der Waals surface area contributed by atoms with Crippen LogP contribution < -0.4 is 0 Å². The van der Waals surface area contributed by atoms with Crippen LogP contribution in [0.5, 0.6) is 0 Å². The summed E-state index contributed by atoms with van der Waals surface area (Å²) in [5, 5.41) is 44.7. The first-order valence-electron chi connectivity index (χ1n) is 12.9. The van der Waals surface area contributed by atoms with Gasteiger partial charge in [0.25, 0.3) is 0 Å². The van der Waals surface area contributed by atoms with Crippen molar-refractivity contribution in [2.24, 2.45) is 40.4 Å². The molecule has 4 aliphatic carbocycles. The zero-order valence-corrected chi connectivity index (χ0v) is 20.3. The van der Waals surface area contributed by atoms with E-state index in [1.807, 2.05) is 0 Å². The summed E-state index contributed by atoms with van der Waals surface area (Å²) in [5.74, 6) is 1.00. The summed E-state index contributed by atoms with van der Waals surface area (Å²) in [6, 6.07) is 0. The molecule has 0 spiro atoms. The minimum Gasteiger partial charge on any atom is -0.393 e. The van der Waals surface area contributed by atoms with E-state index >= 15 is 0 Å². The molecule has 0 aliphatic heterocycles. The molecule has 31 heavy (non-hydrogen) atoms. The van der Waals surface area contributed by atoms with Gasteiger partial charge in [-0.3, -0.25) is 0 Å². The smallest absolute Gasteiger partial charge is 0.0763 e. The van der Waals surface area contributed by atoms with Crippen LogP contribution in [-0.2, 0) is 0 Å². The van der Waals surface area contributed by atoms with Crippen molar-refractivity contribution < 1.29 is 20.4 Å². The third-order valence-electron chi connectivity index (χ3n) is 10.6. The Hall–Kier alpha value is -0.420. The number of hydrogen-bond donors (Lipinski definition) is 4. The van der Waals surface area contributed by atoms with Crippen molar-refractivity contribution in [2.75, 3.05) is 0 Å². The van der Waals surface area contributed by atoms with Crippen LogP contribution in [0.1, 0.15) is 92.4 Å². The van der Waals surface area contributed by atoms with Crippen LogP contribution >= 0.6 is 0 Å². The molecule has 10 atom stereocenters. The van der Waals surface area contributed by atoms with Gasteiger partial charge in [-0.25, -0.2) is 0 Å². The lowest BCUT2D eigenvalue weighted by atomic mass is 9.45. The molecular formula is C27H46O4. The Morgan fingerprint density at radius 1 is 1.03 bits per heavy atom. The maximum absolute atomic E-state index is 12.3. The molecule has 0 aromatic rings. The van der Waals surface area contributed by atoms with E-state index in [-0.39, 0.29) is 34.7 Å². The second-order valence-electron chi connectivity index (χ2n) is 12.6. The molecule has 3 saturated carbocycles. The molecule has 4 N–H and O–H groups in total. The minimum absolute atomic E-state index is 0.0283. The number of aliphatic hydroxyl groups is 4. The average molecular weight is 435 g/mol. The molecule has 4 aliphatic rings. The Bertz CT molecular complexity index is 703. The van der Waals surface area contributed by atoms with E-state index in [1.165, 1.54) is 5.57 Å². The Morgan fingerprint density at radius 2 is 1.74 bits per heavy atom. The van der Waals surface area contributed by atoms with Gasteiger partial charge in [-0.15, -0.1) is 0 Å². The molecule has 0 amide bonds. The largest absolute Gasteiger partial charge is 0.393 e. The molecule has 0 aromatic carbocycles. The third kappa shape index (κ3) is 3.55. The molecule has 4 nitrogen and oxygen atoms in total. The second-order valence-corrected chi connectivity index (χ2v) is 12.6. The summed E-state index contributed by atoms with van der Waals surface area (Å²) in [6.07, 6.45) is 8.68. The monoisotopic (exact) mass is 434 g/mol. The highest BCUT2D eigenvalue weighted by Gasteiger charge is 2.69. The average Bonchev–Trinajstić information content (AvgIpc) is 2.91. The van der Waals surface area contributed by atoms with E-state index < -0.39 is 17.8 Å². The van der Waals surface area contributed by atoms with Crippen LogP contribution in [-0.4, -0.2) is 44.3 Å². The van der Waals surface area contributed by atoms with E-state index in [9.17, 15) is 20.4 Å². The fourth-order valence-corrected chi connectivity index (χ4v) is 8.62. The molecule has 0 unspecified atom stereocenters. The molecule has 0 heterocycles. The number of rotatable bonds is 5. The number of aliphatic hydroxyl groups excluding tert-OH is 3. The Kier molecular flexibility index (Phi) is 6.21. The predicted octanol–water partition coefficient (Wildman–Crippen LogP) is 4.45. The van der Waals surface area contributed by atoms with Crippen molar-refractivity contribution in [1.29, 1.82) is 0 Å². The molecule has 0 saturated heterocycles. The highest BCUT2D eigenvalue weighted by atomic mass is 16.3. The number of hydrogen-bond acceptors (Lipinski definition) is 4. The molecule has 3 fully saturated rings. The van der Waals surface area contributed by atoms with E-state index in [0.29, 0.717) is 18.3 Å². The van der Waals surface area contributed by atoms with Crippen LogP contribution in [0.4, 0.5) is 0 Å². The van der Waals surface area contributed by atoms with Crippen LogP contribution in [0.2, 0.25) is 0 Å². The lowest BCUT2D eigenvalue weighted by molar-refractivity contribution is -0.186. The van der Waals surface area contributed by atoms with Crippen LogP contribution in [0, 0.1) is 40.4 Å². The summed E-state index contributed by atoms with van der Waals surface area (Å²) in [6.45, 7) is 11.0. The molecule has 178 valence electrons. The van der Waals surface area contributed by atoms with E-state index in [4.69, 9.17) is 0 Å². The van der Waals surface area contributed by atoms with Crippen molar-refractivity contribution in [3.8, 4) is 0 Å². The first-order valence-corrected chi connectivity index (χ1v) is 12.9. The first-order chi connectivity index (χ1) is 14.4. The van der Waals surface area contributed by atoms with Crippen LogP contribution in [0.3, 0.4) is 0 Å². The minimum atomic E-state index is -0.896. The molecule has 0 radical (unpaired) electrons. The van der Waals surface area contributed by atoms with Gasteiger partial charge in [0.2, 0.25) is 0 Å². The van der Waals surface area contributed by atoms with Crippen LogP contribution in [0.25, 0.3) is 0 Å². The van der Waals surface area contributed by atoms with Gasteiger partial charge in [-0.05, 0) is 86.4 Å². The predicted molar refractivity (Wildman–Crippen MR) is 123 cm³/mol. The van der Waals surface area contributed by atoms with Crippen LogP contribution in [0.15, 0.2) is 11.6 Å². The van der Waals surface area contributed by atoms with Crippen molar-refractivity contribution >= 4 is 0 Å². The molecule has 4 heteroatoms. The zero-order chi connectivity index (χ0) is 22.8. The number of fused-ring (bicyclic) bond motifs is 5. The molecule has 0 aromatic heterocycles. The van der Waals surface area contributed by atoms with Crippen molar-refractivity contribution in [3.63, 3.8) is 0 Å². The molecule has 0 bridgehead atoms. The van der Waals surface area contributed by atoms with E-state index in [0.717, 1.165) is 51.4 Å². The Balaban J connectivity index is 1.62. The standard InChI is InChI=1S/C27H46O4/c1-16(2)6-9-22(29)17(3)24-23(30)15-27(31)21-8-7-18-14-19(28)10-12-25(18,4)20(21)11-13-26(24,27)5/h7,16-17,19-24,28-31H,6,8-15H2,1-5H3/t17-,19+,20+,21-,22+,23-,24+,25+,26-,27-/m1/s1. The zero-order valence-electron chi connectivity index (χ0n) is 20.3. The maximum atomic E-state index is 12.3. The van der Waals surface area contributed by atoms with Gasteiger partial charge in [-0.1, -0.05) is 46.3 Å². The fraction of sp³-hybridized carbons (Fsp3) is 0.926. The highest BCUT2D eigenvalue weighted by Crippen LogP contribution is 2.69. The SMILES string of the molecule is CC(C)CC[C@H](O)[C@@H](C)[C@H]1[C@H](O)C[C@@]2(O)[C@@H]3CC=C4C[C@@H](O)CC[C@]4(C)[C@H]3CC[C@]12C. The second kappa shape index (κ2) is 8.11. The van der Waals surface area contributed by atoms with E-state index in [2.05, 4.69) is 40.7 Å². The quantitative estimate of drug-likeness (QED) is 0.482. The Morgan fingerprint density at radius 3 is 2.42 bits per heavy atom. The summed E-state index contributed by atoms with van der Waals surface area (Å²) in [4.78, 5) is 0. The summed E-state index contributed by atoms with van der Waals surface area (Å²) >= 11 is 0. The lowest BCUT2D eigenvalue weighted by Gasteiger charge is -2.61. The van der Waals surface area contributed by atoms with Gasteiger partial charge in [0.1, 0.15) is 0 Å². The maximum Gasteiger partial charge on any atom is 0.0763 e. The van der Waals surface area contributed by atoms with Gasteiger partial charge >= 0.3 is 0 Å². The normalized spacial score (nSPS) is 49.1. The van der Waals surface area contributed by atoms with Crippen molar-refractivity contribution in [1.82, 2.24) is 0 Å². The van der Waals surface area contributed by atoms with Gasteiger partial charge < -0.3 is 20.4 Å².